The first-order chi connectivity index (χ1) is 8.22. The Morgan fingerprint density at radius 3 is 2.33 bits per heavy atom. The van der Waals surface area contributed by atoms with E-state index in [1.54, 1.807) is 6.92 Å². The Bertz CT molecular complexity index is 279. The molecular formula is C14H29N3O. The van der Waals surface area contributed by atoms with Crippen molar-refractivity contribution in [2.24, 2.45) is 17.6 Å². The Kier molecular flexibility index (Phi) is 5.17. The zero-order chi connectivity index (χ0) is 13.9. The normalized spacial score (nSPS) is 27.9. The molecule has 0 aromatic rings. The smallest absolute Gasteiger partial charge is 0.236 e. The lowest BCUT2D eigenvalue weighted by Crippen LogP contribution is -2.57. The van der Waals surface area contributed by atoms with Gasteiger partial charge in [0.2, 0.25) is 5.91 Å². The zero-order valence-electron chi connectivity index (χ0n) is 12.5. The van der Waals surface area contributed by atoms with Gasteiger partial charge in [0.1, 0.15) is 0 Å². The number of rotatable bonds is 4. The summed E-state index contributed by atoms with van der Waals surface area (Å²) in [6.07, 6.45) is 1.30. The number of likely N-dealkylation sites (tertiary alicyclic amines) is 1. The van der Waals surface area contributed by atoms with Crippen LogP contribution in [0.3, 0.4) is 0 Å². The van der Waals surface area contributed by atoms with E-state index in [0.29, 0.717) is 6.54 Å². The Hall–Kier alpha value is -0.610. The van der Waals surface area contributed by atoms with Crippen LogP contribution in [0.15, 0.2) is 0 Å². The van der Waals surface area contributed by atoms with Gasteiger partial charge in [-0.15, -0.1) is 0 Å². The molecule has 0 radical (unpaired) electrons. The van der Waals surface area contributed by atoms with Gasteiger partial charge < -0.3 is 11.1 Å². The number of carbonyl (C=O) groups excluding carboxylic acids is 1. The van der Waals surface area contributed by atoms with E-state index < -0.39 is 6.04 Å². The van der Waals surface area contributed by atoms with E-state index in [4.69, 9.17) is 5.73 Å². The molecule has 1 amide bonds. The highest BCUT2D eigenvalue weighted by atomic mass is 16.2. The number of piperidine rings is 1. The number of nitrogens with zero attached hydrogens (tertiary/aromatic N) is 1. The Balaban J connectivity index is 2.54. The topological polar surface area (TPSA) is 58.4 Å². The standard InChI is InChI=1S/C14H29N3O/c1-10-6-11(2)8-17(7-10)14(4,5)9-16-13(18)12(3)15/h10-12H,6-9,15H2,1-5H3,(H,16,18)/t10?,11?,12-/m1/s1. The Morgan fingerprint density at radius 1 is 1.39 bits per heavy atom. The number of amides is 1. The first-order valence-electron chi connectivity index (χ1n) is 7.00. The van der Waals surface area contributed by atoms with Crippen molar-refractivity contribution in [3.63, 3.8) is 0 Å². The minimum absolute atomic E-state index is 0.00646. The molecule has 0 aromatic heterocycles. The summed E-state index contributed by atoms with van der Waals surface area (Å²) in [4.78, 5) is 14.0. The molecule has 1 aliphatic rings. The van der Waals surface area contributed by atoms with Crippen molar-refractivity contribution < 1.29 is 4.79 Å². The molecule has 106 valence electrons. The third-order valence-electron chi connectivity index (χ3n) is 3.83. The lowest BCUT2D eigenvalue weighted by molar-refractivity contribution is -0.122. The first-order valence-corrected chi connectivity index (χ1v) is 7.00. The highest BCUT2D eigenvalue weighted by molar-refractivity contribution is 5.81. The van der Waals surface area contributed by atoms with Crippen LogP contribution in [0.25, 0.3) is 0 Å². The molecule has 0 aliphatic carbocycles. The zero-order valence-corrected chi connectivity index (χ0v) is 12.5. The van der Waals surface area contributed by atoms with E-state index in [1.807, 2.05) is 0 Å². The maximum absolute atomic E-state index is 11.5. The maximum atomic E-state index is 11.5. The van der Waals surface area contributed by atoms with Gasteiger partial charge in [-0.05, 0) is 39.0 Å². The van der Waals surface area contributed by atoms with Crippen molar-refractivity contribution in [2.75, 3.05) is 19.6 Å². The van der Waals surface area contributed by atoms with E-state index in [9.17, 15) is 4.79 Å². The SMILES string of the molecule is CC1CC(C)CN(C(C)(C)CNC(=O)[C@@H](C)N)C1. The summed E-state index contributed by atoms with van der Waals surface area (Å²) in [5, 5.41) is 2.94. The van der Waals surface area contributed by atoms with E-state index in [1.165, 1.54) is 6.42 Å². The number of hydrogen-bond donors (Lipinski definition) is 2. The molecule has 1 saturated heterocycles. The third-order valence-corrected chi connectivity index (χ3v) is 3.83. The predicted octanol–water partition coefficient (Wildman–Crippen LogP) is 1.21. The van der Waals surface area contributed by atoms with Crippen molar-refractivity contribution >= 4 is 5.91 Å². The molecule has 0 aromatic carbocycles. The van der Waals surface area contributed by atoms with Crippen LogP contribution in [-0.4, -0.2) is 42.0 Å². The van der Waals surface area contributed by atoms with Crippen molar-refractivity contribution in [1.82, 2.24) is 10.2 Å². The Labute approximate surface area is 111 Å². The van der Waals surface area contributed by atoms with Crippen LogP contribution in [0.1, 0.15) is 41.0 Å². The fourth-order valence-electron chi connectivity index (χ4n) is 2.73. The second-order valence-corrected chi connectivity index (χ2v) is 6.67. The number of hydrogen-bond acceptors (Lipinski definition) is 3. The van der Waals surface area contributed by atoms with Gasteiger partial charge in [-0.25, -0.2) is 0 Å². The molecule has 3 atom stereocenters. The van der Waals surface area contributed by atoms with E-state index in [2.05, 4.69) is 37.9 Å². The largest absolute Gasteiger partial charge is 0.353 e. The molecule has 4 nitrogen and oxygen atoms in total. The number of nitrogens with one attached hydrogen (secondary N) is 1. The van der Waals surface area contributed by atoms with Crippen LogP contribution in [0.5, 0.6) is 0 Å². The second-order valence-electron chi connectivity index (χ2n) is 6.67. The number of carbonyl (C=O) groups is 1. The molecule has 1 aliphatic heterocycles. The van der Waals surface area contributed by atoms with Gasteiger partial charge in [-0.1, -0.05) is 13.8 Å². The molecule has 1 heterocycles. The van der Waals surface area contributed by atoms with Gasteiger partial charge in [-0.2, -0.15) is 0 Å². The highest BCUT2D eigenvalue weighted by Gasteiger charge is 2.32. The molecular weight excluding hydrogens is 226 g/mol. The van der Waals surface area contributed by atoms with Crippen LogP contribution in [-0.2, 0) is 4.79 Å². The van der Waals surface area contributed by atoms with Gasteiger partial charge in [0, 0.05) is 25.2 Å². The van der Waals surface area contributed by atoms with Crippen molar-refractivity contribution in [1.29, 1.82) is 0 Å². The molecule has 1 rings (SSSR count). The van der Waals surface area contributed by atoms with Crippen molar-refractivity contribution in [2.45, 2.75) is 52.6 Å². The molecule has 0 bridgehead atoms. The molecule has 0 saturated carbocycles. The quantitative estimate of drug-likeness (QED) is 0.794. The summed E-state index contributed by atoms with van der Waals surface area (Å²) in [5.74, 6) is 1.40. The average molecular weight is 255 g/mol. The predicted molar refractivity (Wildman–Crippen MR) is 75.3 cm³/mol. The summed E-state index contributed by atoms with van der Waals surface area (Å²) in [6.45, 7) is 13.6. The summed E-state index contributed by atoms with van der Waals surface area (Å²) < 4.78 is 0. The lowest BCUT2D eigenvalue weighted by Gasteiger charge is -2.45. The van der Waals surface area contributed by atoms with Crippen molar-refractivity contribution in [3.05, 3.63) is 0 Å². The molecule has 4 heteroatoms. The van der Waals surface area contributed by atoms with Gasteiger partial charge in [0.15, 0.2) is 0 Å². The van der Waals surface area contributed by atoms with E-state index in [0.717, 1.165) is 24.9 Å². The summed E-state index contributed by atoms with van der Waals surface area (Å²) in [7, 11) is 0. The molecule has 1 fully saturated rings. The minimum atomic E-state index is -0.431. The van der Waals surface area contributed by atoms with Crippen LogP contribution >= 0.6 is 0 Å². The van der Waals surface area contributed by atoms with Gasteiger partial charge >= 0.3 is 0 Å². The molecule has 0 spiro atoms. The van der Waals surface area contributed by atoms with Crippen molar-refractivity contribution in [3.8, 4) is 0 Å². The summed E-state index contributed by atoms with van der Waals surface area (Å²) >= 11 is 0. The lowest BCUT2D eigenvalue weighted by atomic mass is 9.88. The number of nitrogens with two attached hydrogens (primary N) is 1. The Morgan fingerprint density at radius 2 is 1.89 bits per heavy atom. The minimum Gasteiger partial charge on any atom is -0.353 e. The van der Waals surface area contributed by atoms with Gasteiger partial charge in [0.05, 0.1) is 6.04 Å². The van der Waals surface area contributed by atoms with E-state index >= 15 is 0 Å². The average Bonchev–Trinajstić information content (AvgIpc) is 2.24. The van der Waals surface area contributed by atoms with Crippen LogP contribution < -0.4 is 11.1 Å². The van der Waals surface area contributed by atoms with Crippen LogP contribution in [0, 0.1) is 11.8 Å². The van der Waals surface area contributed by atoms with Crippen LogP contribution in [0.2, 0.25) is 0 Å². The summed E-state index contributed by atoms with van der Waals surface area (Å²) in [6, 6.07) is -0.431. The first kappa shape index (κ1) is 15.4. The van der Waals surface area contributed by atoms with Gasteiger partial charge in [-0.3, -0.25) is 9.69 Å². The summed E-state index contributed by atoms with van der Waals surface area (Å²) in [5.41, 5.74) is 5.56. The molecule has 18 heavy (non-hydrogen) atoms. The molecule has 2 unspecified atom stereocenters. The van der Waals surface area contributed by atoms with Crippen LogP contribution in [0.4, 0.5) is 0 Å². The fraction of sp³-hybridized carbons (Fsp3) is 0.929. The highest BCUT2D eigenvalue weighted by Crippen LogP contribution is 2.26. The maximum Gasteiger partial charge on any atom is 0.236 e. The van der Waals surface area contributed by atoms with Gasteiger partial charge in [0.25, 0.3) is 0 Å². The monoisotopic (exact) mass is 255 g/mol. The van der Waals surface area contributed by atoms with E-state index in [-0.39, 0.29) is 11.4 Å². The second kappa shape index (κ2) is 6.02. The molecule has 3 N–H and O–H groups in total. The third kappa shape index (κ3) is 4.25. The fourth-order valence-corrected chi connectivity index (χ4v) is 2.73.